The molecule has 2 aromatic heterocycles. The van der Waals surface area contributed by atoms with Crippen molar-refractivity contribution in [1.82, 2.24) is 33.8 Å². The summed E-state index contributed by atoms with van der Waals surface area (Å²) >= 11 is 0.919. The molecule has 0 N–H and O–H groups in total. The zero-order valence-electron chi connectivity index (χ0n) is 18.7. The summed E-state index contributed by atoms with van der Waals surface area (Å²) in [5.74, 6) is 1.57. The van der Waals surface area contributed by atoms with E-state index in [4.69, 9.17) is 0 Å². The minimum Gasteiger partial charge on any atom is -0.323 e. The Kier molecular flexibility index (Phi) is 4.30. The molecule has 7 rings (SSSR count). The fourth-order valence-electron chi connectivity index (χ4n) is 6.33. The maximum atomic E-state index is 12.9. The van der Waals surface area contributed by atoms with E-state index >= 15 is 0 Å². The molecule has 2 aliphatic carbocycles. The molecule has 5 aliphatic rings. The molecule has 182 valence electrons. The lowest BCUT2D eigenvalue weighted by atomic mass is 9.60. The van der Waals surface area contributed by atoms with Crippen LogP contribution < -0.4 is 0 Å². The fraction of sp³-hybridized carbons (Fsp3) is 0.727. The molecule has 2 aromatic rings. The summed E-state index contributed by atoms with van der Waals surface area (Å²) in [6.45, 7) is 5.28. The van der Waals surface area contributed by atoms with Gasteiger partial charge in [-0.3, -0.25) is 4.90 Å². The first kappa shape index (κ1) is 21.1. The Morgan fingerprint density at radius 1 is 1.06 bits per heavy atom. The van der Waals surface area contributed by atoms with E-state index in [1.165, 1.54) is 12.8 Å². The first-order chi connectivity index (χ1) is 16.2. The SMILES string of the molecule is O=C(N1CC2(CC(n3cnc(C4CC4)n3)C2)C1)N1CC2(CN(Cc3cc(C(F)(F)F)ns3)C2)C1. The third-order valence-electron chi connectivity index (χ3n) is 8.17. The number of amides is 2. The van der Waals surface area contributed by atoms with Gasteiger partial charge in [-0.2, -0.15) is 22.6 Å². The minimum absolute atomic E-state index is 0.115. The number of likely N-dealkylation sites (tertiary alicyclic amines) is 3. The molecular formula is C22H26F3N7OS. The second-order valence-electron chi connectivity index (χ2n) is 11.2. The van der Waals surface area contributed by atoms with E-state index in [1.807, 2.05) is 20.8 Å². The molecule has 3 aliphatic heterocycles. The van der Waals surface area contributed by atoms with E-state index in [0.717, 1.165) is 75.5 Å². The van der Waals surface area contributed by atoms with Crippen molar-refractivity contribution in [2.75, 3.05) is 39.3 Å². The van der Waals surface area contributed by atoms with Crippen molar-refractivity contribution in [3.63, 3.8) is 0 Å². The van der Waals surface area contributed by atoms with Gasteiger partial charge in [-0.25, -0.2) is 14.5 Å². The average molecular weight is 494 g/mol. The second-order valence-corrected chi connectivity index (χ2v) is 12.1. The maximum absolute atomic E-state index is 12.9. The minimum atomic E-state index is -4.38. The molecule has 0 unspecified atom stereocenters. The summed E-state index contributed by atoms with van der Waals surface area (Å²) in [5.41, 5.74) is -0.437. The fourth-order valence-corrected chi connectivity index (χ4v) is 7.11. The quantitative estimate of drug-likeness (QED) is 0.654. The molecule has 3 saturated heterocycles. The standard InChI is InChI=1S/C22H26F3N7OS/c23-22(24,25)17-3-16(34-28-17)6-29-7-21(8-29)11-31(12-21)19(33)30-9-20(10-30)4-15(5-20)32-13-26-18(27-32)14-1-2-14/h3,13-15H,1-2,4-12H2. The van der Waals surface area contributed by atoms with Crippen molar-refractivity contribution >= 4 is 17.6 Å². The van der Waals surface area contributed by atoms with Crippen molar-refractivity contribution in [2.45, 2.75) is 50.4 Å². The van der Waals surface area contributed by atoms with Crippen LogP contribution in [0, 0.1) is 10.8 Å². The van der Waals surface area contributed by atoms with Crippen LogP contribution in [0.25, 0.3) is 0 Å². The highest BCUT2D eigenvalue weighted by molar-refractivity contribution is 7.05. The molecule has 2 saturated carbocycles. The van der Waals surface area contributed by atoms with Gasteiger partial charge in [0.2, 0.25) is 0 Å². The molecular weight excluding hydrogens is 467 g/mol. The van der Waals surface area contributed by atoms with Crippen LogP contribution in [0.5, 0.6) is 0 Å². The predicted octanol–water partition coefficient (Wildman–Crippen LogP) is 3.21. The molecule has 0 atom stereocenters. The number of aromatic nitrogens is 4. The van der Waals surface area contributed by atoms with Crippen molar-refractivity contribution in [3.05, 3.63) is 28.8 Å². The highest BCUT2D eigenvalue weighted by Gasteiger charge is 2.58. The van der Waals surface area contributed by atoms with Gasteiger partial charge in [0.25, 0.3) is 0 Å². The first-order valence-electron chi connectivity index (χ1n) is 11.9. The van der Waals surface area contributed by atoms with E-state index < -0.39 is 11.9 Å². The number of hydrogen-bond donors (Lipinski definition) is 0. The number of alkyl halides is 3. The van der Waals surface area contributed by atoms with Crippen LogP contribution in [0.2, 0.25) is 0 Å². The zero-order valence-corrected chi connectivity index (χ0v) is 19.5. The van der Waals surface area contributed by atoms with Crippen molar-refractivity contribution in [1.29, 1.82) is 0 Å². The summed E-state index contributed by atoms with van der Waals surface area (Å²) in [6, 6.07) is 1.69. The van der Waals surface area contributed by atoms with E-state index in [0.29, 0.717) is 23.4 Å². The topological polar surface area (TPSA) is 70.4 Å². The van der Waals surface area contributed by atoms with Crippen molar-refractivity contribution in [3.8, 4) is 0 Å². The number of nitrogens with zero attached hydrogens (tertiary/aromatic N) is 7. The smallest absolute Gasteiger partial charge is 0.323 e. The lowest BCUT2D eigenvalue weighted by Crippen LogP contribution is -2.75. The van der Waals surface area contributed by atoms with E-state index in [2.05, 4.69) is 19.4 Å². The molecule has 0 aromatic carbocycles. The van der Waals surface area contributed by atoms with E-state index in [9.17, 15) is 18.0 Å². The molecule has 12 heteroatoms. The normalized spacial score (nSPS) is 25.7. The van der Waals surface area contributed by atoms with Gasteiger partial charge in [-0.05, 0) is 43.3 Å². The third kappa shape index (κ3) is 3.43. The van der Waals surface area contributed by atoms with Gasteiger partial charge in [0.1, 0.15) is 6.33 Å². The average Bonchev–Trinajstić information content (AvgIpc) is 3.19. The summed E-state index contributed by atoms with van der Waals surface area (Å²) < 4.78 is 43.7. The van der Waals surface area contributed by atoms with E-state index in [1.54, 1.807) is 0 Å². The first-order valence-corrected chi connectivity index (χ1v) is 12.7. The van der Waals surface area contributed by atoms with Gasteiger partial charge in [0.15, 0.2) is 11.5 Å². The summed E-state index contributed by atoms with van der Waals surface area (Å²) in [5, 5.41) is 4.66. The lowest BCUT2D eigenvalue weighted by molar-refractivity contribution is -0.140. The molecule has 0 bridgehead atoms. The van der Waals surface area contributed by atoms with Crippen LogP contribution in [0.1, 0.15) is 54.0 Å². The number of hydrogen-bond acceptors (Lipinski definition) is 6. The monoisotopic (exact) mass is 493 g/mol. The van der Waals surface area contributed by atoms with Crippen LogP contribution in [0.4, 0.5) is 18.0 Å². The van der Waals surface area contributed by atoms with Crippen LogP contribution in [-0.4, -0.2) is 79.1 Å². The molecule has 5 fully saturated rings. The Balaban J connectivity index is 0.844. The Labute approximate surface area is 198 Å². The number of rotatable bonds is 4. The van der Waals surface area contributed by atoms with Crippen molar-refractivity contribution in [2.24, 2.45) is 10.8 Å². The molecule has 0 radical (unpaired) electrons. The summed E-state index contributed by atoms with van der Waals surface area (Å²) in [7, 11) is 0. The molecule has 2 amide bonds. The highest BCUT2D eigenvalue weighted by atomic mass is 32.1. The lowest BCUT2D eigenvalue weighted by Gasteiger charge is -2.63. The van der Waals surface area contributed by atoms with Gasteiger partial charge in [-0.1, -0.05) is 0 Å². The number of carbonyl (C=O) groups excluding carboxylic acids is 1. The maximum Gasteiger partial charge on any atom is 0.434 e. The number of urea groups is 1. The second kappa shape index (κ2) is 6.93. The van der Waals surface area contributed by atoms with E-state index in [-0.39, 0.29) is 16.9 Å². The van der Waals surface area contributed by atoms with Gasteiger partial charge in [-0.15, -0.1) is 0 Å². The summed E-state index contributed by atoms with van der Waals surface area (Å²) in [6.07, 6.45) is 2.04. The van der Waals surface area contributed by atoms with Crippen LogP contribution in [-0.2, 0) is 12.7 Å². The molecule has 8 nitrogen and oxygen atoms in total. The Hall–Kier alpha value is -2.21. The Bertz CT molecular complexity index is 1110. The Morgan fingerprint density at radius 2 is 1.74 bits per heavy atom. The zero-order chi connectivity index (χ0) is 23.3. The molecule has 2 spiro atoms. The largest absolute Gasteiger partial charge is 0.434 e. The van der Waals surface area contributed by atoms with Crippen LogP contribution in [0.3, 0.4) is 0 Å². The number of carbonyl (C=O) groups is 1. The van der Waals surface area contributed by atoms with Crippen LogP contribution >= 0.6 is 11.5 Å². The van der Waals surface area contributed by atoms with Gasteiger partial charge in [0.05, 0.1) is 6.04 Å². The number of halogens is 3. The van der Waals surface area contributed by atoms with Gasteiger partial charge >= 0.3 is 12.2 Å². The molecule has 34 heavy (non-hydrogen) atoms. The predicted molar refractivity (Wildman–Crippen MR) is 116 cm³/mol. The Morgan fingerprint density at radius 3 is 2.35 bits per heavy atom. The van der Waals surface area contributed by atoms with Gasteiger partial charge in [0, 0.05) is 67.4 Å². The summed E-state index contributed by atoms with van der Waals surface area (Å²) in [4.78, 5) is 24.0. The highest BCUT2D eigenvalue weighted by Crippen LogP contribution is 2.54. The molecule has 5 heterocycles. The van der Waals surface area contributed by atoms with Gasteiger partial charge < -0.3 is 9.80 Å². The van der Waals surface area contributed by atoms with Crippen molar-refractivity contribution < 1.29 is 18.0 Å². The van der Waals surface area contributed by atoms with Crippen LogP contribution in [0.15, 0.2) is 12.4 Å². The third-order valence-corrected chi connectivity index (χ3v) is 8.94.